The fraction of sp³-hybridized carbons (Fsp3) is 0.304. The highest BCUT2D eigenvalue weighted by atomic mass is 79.9. The summed E-state index contributed by atoms with van der Waals surface area (Å²) in [5.74, 6) is -3.35. The number of phenols is 1. The highest BCUT2D eigenvalue weighted by Crippen LogP contribution is 2.57. The molecule has 1 aromatic carbocycles. The van der Waals surface area contributed by atoms with E-state index < -0.39 is 23.7 Å². The Bertz CT molecular complexity index is 1280. The number of ketones is 2. The molecule has 0 radical (unpaired) electrons. The van der Waals surface area contributed by atoms with Crippen molar-refractivity contribution in [2.24, 2.45) is 17.8 Å². The number of Topliss-reactive ketones (excluding diaryl/α,β-unsaturated/α-hetero) is 1. The van der Waals surface area contributed by atoms with Crippen LogP contribution in [0.1, 0.15) is 24.3 Å². The molecule has 1 saturated heterocycles. The molecule has 1 aliphatic heterocycles. The smallest absolute Gasteiger partial charge is 0.231 e. The minimum Gasteiger partial charge on any atom is -0.503 e. The SMILES string of the molecule is COc1cc(C2C3=CCC4C(=O)NC(=O)C4C3CC3=C2C(=O)C=C(Br)C3=O)c(Br)c(Br)c1O. The Hall–Kier alpha value is -2.04. The molecule has 0 bridgehead atoms. The van der Waals surface area contributed by atoms with Crippen LogP contribution < -0.4 is 10.1 Å². The van der Waals surface area contributed by atoms with Crippen molar-refractivity contribution in [2.45, 2.75) is 18.8 Å². The lowest BCUT2D eigenvalue weighted by Gasteiger charge is -2.42. The molecule has 0 aromatic heterocycles. The van der Waals surface area contributed by atoms with Crippen molar-refractivity contribution in [3.05, 3.63) is 53.9 Å². The molecule has 4 unspecified atom stereocenters. The monoisotopic (exact) mass is 639 g/mol. The number of imide groups is 1. The number of halogens is 3. The first-order chi connectivity index (χ1) is 15.6. The number of fused-ring (bicyclic) bond motifs is 3. The number of phenolic OH excluding ortho intramolecular Hbond substituents is 1. The first-order valence-electron chi connectivity index (χ1n) is 10.1. The maximum atomic E-state index is 13.2. The van der Waals surface area contributed by atoms with Gasteiger partial charge < -0.3 is 9.84 Å². The molecule has 170 valence electrons. The van der Waals surface area contributed by atoms with Crippen molar-refractivity contribution in [2.75, 3.05) is 7.11 Å². The minimum absolute atomic E-state index is 0.109. The lowest BCUT2D eigenvalue weighted by molar-refractivity contribution is -0.126. The van der Waals surface area contributed by atoms with Gasteiger partial charge in [0.05, 0.1) is 27.9 Å². The van der Waals surface area contributed by atoms with Gasteiger partial charge in [-0.3, -0.25) is 24.5 Å². The summed E-state index contributed by atoms with van der Waals surface area (Å²) >= 11 is 10.1. The first kappa shape index (κ1) is 22.7. The van der Waals surface area contributed by atoms with Crippen molar-refractivity contribution < 1.29 is 29.0 Å². The van der Waals surface area contributed by atoms with Crippen LogP contribution in [0, 0.1) is 17.8 Å². The molecule has 2 amide bonds. The molecule has 1 heterocycles. The zero-order chi connectivity index (χ0) is 23.8. The molecule has 3 aliphatic carbocycles. The fourth-order valence-electron chi connectivity index (χ4n) is 5.45. The summed E-state index contributed by atoms with van der Waals surface area (Å²) in [6.07, 6.45) is 3.75. The zero-order valence-corrected chi connectivity index (χ0v) is 21.8. The van der Waals surface area contributed by atoms with Gasteiger partial charge in [-0.15, -0.1) is 0 Å². The van der Waals surface area contributed by atoms with E-state index in [9.17, 15) is 24.3 Å². The summed E-state index contributed by atoms with van der Waals surface area (Å²) in [6, 6.07) is 1.62. The van der Waals surface area contributed by atoms with Crippen molar-refractivity contribution in [3.8, 4) is 11.5 Å². The molecule has 7 nitrogen and oxygen atoms in total. The third-order valence-electron chi connectivity index (χ3n) is 6.88. The molecule has 2 N–H and O–H groups in total. The Kier molecular flexibility index (Phi) is 5.53. The Balaban J connectivity index is 1.78. The molecule has 4 atom stereocenters. The van der Waals surface area contributed by atoms with Crippen LogP contribution in [0.2, 0.25) is 0 Å². The quantitative estimate of drug-likeness (QED) is 0.287. The number of methoxy groups -OCH3 is 1. The van der Waals surface area contributed by atoms with Gasteiger partial charge >= 0.3 is 0 Å². The summed E-state index contributed by atoms with van der Waals surface area (Å²) in [7, 11) is 1.42. The molecule has 33 heavy (non-hydrogen) atoms. The first-order valence-corrected chi connectivity index (χ1v) is 12.5. The molecule has 0 saturated carbocycles. The predicted octanol–water partition coefficient (Wildman–Crippen LogP) is 3.98. The number of carbonyl (C=O) groups excluding carboxylic acids is 4. The van der Waals surface area contributed by atoms with Crippen LogP contribution in [-0.4, -0.2) is 35.6 Å². The number of benzene rings is 1. The van der Waals surface area contributed by atoms with E-state index in [0.29, 0.717) is 32.1 Å². The Labute approximate surface area is 213 Å². The largest absolute Gasteiger partial charge is 0.503 e. The fourth-order valence-corrected chi connectivity index (χ4v) is 6.85. The average Bonchev–Trinajstić information content (AvgIpc) is 3.08. The second-order valence-electron chi connectivity index (χ2n) is 8.39. The number of allylic oxidation sites excluding steroid dienone is 6. The van der Waals surface area contributed by atoms with Crippen LogP contribution in [0.4, 0.5) is 0 Å². The lowest BCUT2D eigenvalue weighted by atomic mass is 9.59. The Morgan fingerprint density at radius 2 is 1.79 bits per heavy atom. The van der Waals surface area contributed by atoms with E-state index in [1.165, 1.54) is 13.2 Å². The predicted molar refractivity (Wildman–Crippen MR) is 128 cm³/mol. The summed E-state index contributed by atoms with van der Waals surface area (Å²) in [5.41, 5.74) is 2.10. The van der Waals surface area contributed by atoms with Gasteiger partial charge in [-0.2, -0.15) is 0 Å². The topological polar surface area (TPSA) is 110 Å². The minimum atomic E-state index is -0.656. The molecule has 1 fully saturated rings. The highest BCUT2D eigenvalue weighted by molar-refractivity contribution is 9.13. The molecule has 10 heteroatoms. The number of nitrogens with one attached hydrogen (secondary N) is 1. The van der Waals surface area contributed by atoms with Gasteiger partial charge in [0.1, 0.15) is 0 Å². The van der Waals surface area contributed by atoms with Gasteiger partial charge in [-0.25, -0.2) is 0 Å². The van der Waals surface area contributed by atoms with E-state index in [4.69, 9.17) is 4.74 Å². The summed E-state index contributed by atoms with van der Waals surface area (Å²) in [5, 5.41) is 12.9. The standard InChI is InChI=1S/C23H16Br3NO6/c1-33-14-5-10(18(25)19(26)21(14)30)15-7-2-3-8-16(23(32)27-22(8)31)9(7)4-11-17(15)13(28)6-12(24)20(11)29/h2,5-6,8-9,15-16,30H,3-4H2,1H3,(H,27,31,32). The second-order valence-corrected chi connectivity index (χ2v) is 10.8. The van der Waals surface area contributed by atoms with E-state index in [1.54, 1.807) is 6.07 Å². The van der Waals surface area contributed by atoms with Gasteiger partial charge in [-0.05, 0) is 78.2 Å². The van der Waals surface area contributed by atoms with Gasteiger partial charge in [0.2, 0.25) is 11.8 Å². The van der Waals surface area contributed by atoms with Crippen molar-refractivity contribution in [3.63, 3.8) is 0 Å². The van der Waals surface area contributed by atoms with Crippen LogP contribution in [0.15, 0.2) is 48.4 Å². The number of hydrogen-bond donors (Lipinski definition) is 2. The van der Waals surface area contributed by atoms with Crippen molar-refractivity contribution in [1.29, 1.82) is 0 Å². The molecular weight excluding hydrogens is 626 g/mol. The normalized spacial score (nSPS) is 28.6. The van der Waals surface area contributed by atoms with Crippen molar-refractivity contribution in [1.82, 2.24) is 5.32 Å². The van der Waals surface area contributed by atoms with Crippen LogP contribution >= 0.6 is 47.8 Å². The summed E-state index contributed by atoms with van der Waals surface area (Å²) < 4.78 is 6.35. The number of rotatable bonds is 2. The van der Waals surface area contributed by atoms with Gasteiger partial charge in [-0.1, -0.05) is 11.6 Å². The van der Waals surface area contributed by atoms with E-state index in [1.807, 2.05) is 6.08 Å². The maximum Gasteiger partial charge on any atom is 0.231 e. The third kappa shape index (κ3) is 3.24. The van der Waals surface area contributed by atoms with E-state index in [2.05, 4.69) is 53.1 Å². The number of carbonyl (C=O) groups is 4. The Morgan fingerprint density at radius 3 is 2.48 bits per heavy atom. The maximum absolute atomic E-state index is 13.2. The molecule has 0 spiro atoms. The Morgan fingerprint density at radius 1 is 1.06 bits per heavy atom. The van der Waals surface area contributed by atoms with E-state index in [0.717, 1.165) is 5.57 Å². The number of aromatic hydroxyl groups is 1. The average molecular weight is 642 g/mol. The second kappa shape index (κ2) is 8.02. The molecular formula is C23H16Br3NO6. The summed E-state index contributed by atoms with van der Waals surface area (Å²) in [4.78, 5) is 51.4. The molecule has 4 aliphatic rings. The number of hydrogen-bond acceptors (Lipinski definition) is 6. The van der Waals surface area contributed by atoms with Gasteiger partial charge in [0, 0.05) is 27.6 Å². The van der Waals surface area contributed by atoms with E-state index in [-0.39, 0.29) is 45.8 Å². The molecule has 5 rings (SSSR count). The van der Waals surface area contributed by atoms with E-state index >= 15 is 0 Å². The zero-order valence-electron chi connectivity index (χ0n) is 17.1. The van der Waals surface area contributed by atoms with Gasteiger partial charge in [0.15, 0.2) is 23.1 Å². The van der Waals surface area contributed by atoms with Crippen LogP contribution in [-0.2, 0) is 19.2 Å². The van der Waals surface area contributed by atoms with Crippen LogP contribution in [0.3, 0.4) is 0 Å². The number of ether oxygens (including phenoxy) is 1. The number of amides is 2. The van der Waals surface area contributed by atoms with Crippen LogP contribution in [0.5, 0.6) is 11.5 Å². The van der Waals surface area contributed by atoms with Gasteiger partial charge in [0.25, 0.3) is 0 Å². The van der Waals surface area contributed by atoms with Crippen LogP contribution in [0.25, 0.3) is 0 Å². The third-order valence-corrected chi connectivity index (χ3v) is 9.63. The molecule has 1 aromatic rings. The highest BCUT2D eigenvalue weighted by Gasteiger charge is 2.53. The summed E-state index contributed by atoms with van der Waals surface area (Å²) in [6.45, 7) is 0. The van der Waals surface area contributed by atoms with Crippen molar-refractivity contribution >= 4 is 71.2 Å². The lowest BCUT2D eigenvalue weighted by Crippen LogP contribution is -2.39.